The molecule has 0 radical (unpaired) electrons. The van der Waals surface area contributed by atoms with Crippen LogP contribution in [-0.2, 0) is 17.7 Å². The van der Waals surface area contributed by atoms with Gasteiger partial charge in [-0.2, -0.15) is 0 Å². The van der Waals surface area contributed by atoms with E-state index in [1.807, 2.05) is 0 Å². The molecule has 3 aromatic rings. The molecule has 178 valence electrons. The van der Waals surface area contributed by atoms with Gasteiger partial charge in [0.1, 0.15) is 30.3 Å². The van der Waals surface area contributed by atoms with Gasteiger partial charge >= 0.3 is 6.09 Å². The standard InChI is InChI=1S/C23H24F2N6O3/c1-3-34-23(33)30-8-7-15-10-18(25)17(9-16(15)12-30)22(32)28-20-6-4-5-19(27-20)21-29-26-13-31(21)14(2)11-24/h4-6,9-10,13-14H,3,7-8,11-12H2,1-2H3,(H,27,28,32)/t14-/m0/s1. The van der Waals surface area contributed by atoms with Crippen molar-refractivity contribution >= 4 is 17.8 Å². The maximum Gasteiger partial charge on any atom is 0.410 e. The molecule has 11 heteroatoms. The minimum Gasteiger partial charge on any atom is -0.450 e. The molecule has 2 amide bonds. The number of rotatable bonds is 6. The molecule has 3 heterocycles. The van der Waals surface area contributed by atoms with E-state index in [4.69, 9.17) is 4.74 Å². The zero-order valence-corrected chi connectivity index (χ0v) is 18.8. The summed E-state index contributed by atoms with van der Waals surface area (Å²) in [4.78, 5) is 30.8. The zero-order chi connectivity index (χ0) is 24.2. The molecule has 1 N–H and O–H groups in total. The molecule has 1 aromatic carbocycles. The molecule has 0 spiro atoms. The maximum absolute atomic E-state index is 14.7. The van der Waals surface area contributed by atoms with Crippen LogP contribution >= 0.6 is 0 Å². The van der Waals surface area contributed by atoms with Gasteiger partial charge in [0.15, 0.2) is 5.82 Å². The largest absolute Gasteiger partial charge is 0.450 e. The number of nitrogens with zero attached hydrogens (tertiary/aromatic N) is 5. The first-order chi connectivity index (χ1) is 16.4. The number of ether oxygens (including phenoxy) is 1. The number of hydrogen-bond acceptors (Lipinski definition) is 6. The van der Waals surface area contributed by atoms with Crippen molar-refractivity contribution in [2.45, 2.75) is 32.9 Å². The van der Waals surface area contributed by atoms with Gasteiger partial charge < -0.3 is 19.5 Å². The predicted molar refractivity (Wildman–Crippen MR) is 119 cm³/mol. The number of nitrogens with one attached hydrogen (secondary N) is 1. The Morgan fingerprint density at radius 2 is 2.09 bits per heavy atom. The fraction of sp³-hybridized carbons (Fsp3) is 0.348. The van der Waals surface area contributed by atoms with Gasteiger partial charge in [0, 0.05) is 13.1 Å². The molecule has 0 saturated carbocycles. The van der Waals surface area contributed by atoms with Gasteiger partial charge in [0.05, 0.1) is 18.2 Å². The smallest absolute Gasteiger partial charge is 0.410 e. The summed E-state index contributed by atoms with van der Waals surface area (Å²) >= 11 is 0. The number of pyridine rings is 1. The van der Waals surface area contributed by atoms with Gasteiger partial charge in [-0.25, -0.2) is 18.6 Å². The van der Waals surface area contributed by atoms with Crippen LogP contribution in [0.25, 0.3) is 11.5 Å². The highest BCUT2D eigenvalue weighted by Gasteiger charge is 2.25. The summed E-state index contributed by atoms with van der Waals surface area (Å²) in [6.07, 6.45) is 1.43. The van der Waals surface area contributed by atoms with Crippen molar-refractivity contribution in [2.24, 2.45) is 0 Å². The second kappa shape index (κ2) is 9.94. The Labute approximate surface area is 194 Å². The predicted octanol–water partition coefficient (Wildman–Crippen LogP) is 3.78. The number of amides is 2. The van der Waals surface area contributed by atoms with Gasteiger partial charge in [0.25, 0.3) is 5.91 Å². The highest BCUT2D eigenvalue weighted by atomic mass is 19.1. The lowest BCUT2D eigenvalue weighted by Crippen LogP contribution is -2.36. The normalized spacial score (nSPS) is 13.8. The Kier molecular flexibility index (Phi) is 6.80. The summed E-state index contributed by atoms with van der Waals surface area (Å²) in [5, 5.41) is 10.4. The van der Waals surface area contributed by atoms with E-state index in [0.29, 0.717) is 30.0 Å². The molecular weight excluding hydrogens is 446 g/mol. The molecule has 0 bridgehead atoms. The lowest BCUT2D eigenvalue weighted by atomic mass is 9.97. The molecule has 34 heavy (non-hydrogen) atoms. The third kappa shape index (κ3) is 4.73. The molecule has 0 saturated heterocycles. The van der Waals surface area contributed by atoms with E-state index in [9.17, 15) is 18.4 Å². The van der Waals surface area contributed by atoms with Gasteiger partial charge in [-0.1, -0.05) is 6.07 Å². The molecule has 9 nitrogen and oxygen atoms in total. The van der Waals surface area contributed by atoms with Crippen LogP contribution in [0.2, 0.25) is 0 Å². The third-order valence-electron chi connectivity index (χ3n) is 5.56. The summed E-state index contributed by atoms with van der Waals surface area (Å²) in [7, 11) is 0. The summed E-state index contributed by atoms with van der Waals surface area (Å²) in [6.45, 7) is 3.70. The monoisotopic (exact) mass is 470 g/mol. The Morgan fingerprint density at radius 3 is 2.85 bits per heavy atom. The summed E-state index contributed by atoms with van der Waals surface area (Å²) in [5.41, 5.74) is 1.65. The van der Waals surface area contributed by atoms with Crippen molar-refractivity contribution in [3.63, 3.8) is 0 Å². The van der Waals surface area contributed by atoms with Crippen LogP contribution in [0.3, 0.4) is 0 Å². The number of fused-ring (bicyclic) bond motifs is 1. The van der Waals surface area contributed by atoms with Crippen LogP contribution in [0.15, 0.2) is 36.7 Å². The van der Waals surface area contributed by atoms with Crippen molar-refractivity contribution in [3.05, 3.63) is 59.2 Å². The van der Waals surface area contributed by atoms with Gasteiger partial charge in [-0.05, 0) is 55.7 Å². The average molecular weight is 470 g/mol. The first-order valence-electron chi connectivity index (χ1n) is 10.9. The lowest BCUT2D eigenvalue weighted by Gasteiger charge is -2.28. The number of aromatic nitrogens is 4. The molecule has 0 unspecified atom stereocenters. The Bertz CT molecular complexity index is 1220. The van der Waals surface area contributed by atoms with E-state index in [1.54, 1.807) is 36.6 Å². The summed E-state index contributed by atoms with van der Waals surface area (Å²) in [5.74, 6) is -0.819. The van der Waals surface area contributed by atoms with Crippen LogP contribution in [0.1, 0.15) is 41.4 Å². The van der Waals surface area contributed by atoms with Crippen LogP contribution < -0.4 is 5.32 Å². The van der Waals surface area contributed by atoms with Crippen LogP contribution in [0.5, 0.6) is 0 Å². The summed E-state index contributed by atoms with van der Waals surface area (Å²) in [6, 6.07) is 7.16. The van der Waals surface area contributed by atoms with E-state index in [0.717, 1.165) is 5.56 Å². The number of alkyl halides is 1. The van der Waals surface area contributed by atoms with Crippen molar-refractivity contribution in [1.82, 2.24) is 24.6 Å². The van der Waals surface area contributed by atoms with Crippen molar-refractivity contribution in [3.8, 4) is 11.5 Å². The number of benzene rings is 1. The molecule has 2 aromatic heterocycles. The average Bonchev–Trinajstić information content (AvgIpc) is 3.33. The second-order valence-corrected chi connectivity index (χ2v) is 7.90. The highest BCUT2D eigenvalue weighted by Crippen LogP contribution is 2.25. The van der Waals surface area contributed by atoms with E-state index >= 15 is 0 Å². The Hall–Kier alpha value is -3.89. The van der Waals surface area contributed by atoms with Crippen LogP contribution in [0.4, 0.5) is 19.4 Å². The third-order valence-corrected chi connectivity index (χ3v) is 5.56. The minimum atomic E-state index is -0.684. The fourth-order valence-corrected chi connectivity index (χ4v) is 3.76. The molecule has 0 fully saturated rings. The Balaban J connectivity index is 1.55. The van der Waals surface area contributed by atoms with E-state index in [1.165, 1.54) is 23.4 Å². The Morgan fingerprint density at radius 1 is 1.26 bits per heavy atom. The quantitative estimate of drug-likeness (QED) is 0.588. The molecule has 1 aliphatic rings. The zero-order valence-electron chi connectivity index (χ0n) is 18.8. The van der Waals surface area contributed by atoms with Crippen molar-refractivity contribution in [1.29, 1.82) is 0 Å². The molecule has 1 atom stereocenters. The van der Waals surface area contributed by atoms with E-state index < -0.39 is 30.5 Å². The number of halogens is 2. The minimum absolute atomic E-state index is 0.161. The first kappa shape index (κ1) is 23.3. The van der Waals surface area contributed by atoms with Crippen molar-refractivity contribution < 1.29 is 23.1 Å². The number of hydrogen-bond donors (Lipinski definition) is 1. The first-order valence-corrected chi connectivity index (χ1v) is 10.9. The van der Waals surface area contributed by atoms with E-state index in [2.05, 4.69) is 20.5 Å². The molecule has 4 rings (SSSR count). The summed E-state index contributed by atoms with van der Waals surface area (Å²) < 4.78 is 34.5. The highest BCUT2D eigenvalue weighted by molar-refractivity contribution is 6.04. The molecule has 1 aliphatic heterocycles. The fourth-order valence-electron chi connectivity index (χ4n) is 3.76. The number of anilines is 1. The SMILES string of the molecule is CCOC(=O)N1CCc2cc(F)c(C(=O)Nc3cccc(-c4nncn4[C@@H](C)CF)n3)cc2C1. The topological polar surface area (TPSA) is 102 Å². The van der Waals surface area contributed by atoms with E-state index in [-0.39, 0.29) is 24.5 Å². The lowest BCUT2D eigenvalue weighted by molar-refractivity contribution is 0.102. The van der Waals surface area contributed by atoms with Crippen LogP contribution in [0, 0.1) is 5.82 Å². The van der Waals surface area contributed by atoms with Crippen molar-refractivity contribution in [2.75, 3.05) is 25.1 Å². The molecular formula is C23H24F2N6O3. The number of carbonyl (C=O) groups is 2. The maximum atomic E-state index is 14.7. The van der Waals surface area contributed by atoms with Gasteiger partial charge in [-0.15, -0.1) is 10.2 Å². The second-order valence-electron chi connectivity index (χ2n) is 7.90. The van der Waals surface area contributed by atoms with Gasteiger partial charge in [-0.3, -0.25) is 4.79 Å². The molecule has 0 aliphatic carbocycles. The van der Waals surface area contributed by atoms with Crippen LogP contribution in [-0.4, -0.2) is 56.5 Å². The number of carbonyl (C=O) groups excluding carboxylic acids is 2. The van der Waals surface area contributed by atoms with Gasteiger partial charge in [0.2, 0.25) is 0 Å².